The molecule has 0 bridgehead atoms. The number of hydrogen-bond donors (Lipinski definition) is 2. The van der Waals surface area contributed by atoms with Gasteiger partial charge in [-0.1, -0.05) is 23.0 Å². The lowest BCUT2D eigenvalue weighted by molar-refractivity contribution is -0.154. The maximum absolute atomic E-state index is 13.8. The summed E-state index contributed by atoms with van der Waals surface area (Å²) in [5.74, 6) is -0.800. The highest BCUT2D eigenvalue weighted by Crippen LogP contribution is 2.47. The molecular weight excluding hydrogens is 385 g/mol. The number of rotatable bonds is 12. The third-order valence-electron chi connectivity index (χ3n) is 3.69. The Morgan fingerprint density at radius 3 is 2.21 bits per heavy atom. The van der Waals surface area contributed by atoms with Gasteiger partial charge in [-0.3, -0.25) is 14.2 Å². The van der Waals surface area contributed by atoms with E-state index in [9.17, 15) is 14.2 Å². The maximum Gasteiger partial charge on any atom is 0.327 e. The molecule has 3 N–H and O–H groups in total. The van der Waals surface area contributed by atoms with Gasteiger partial charge < -0.3 is 20.0 Å². The second kappa shape index (κ2) is 11.8. The van der Waals surface area contributed by atoms with Crippen molar-refractivity contribution in [2.75, 3.05) is 25.9 Å². The van der Waals surface area contributed by atoms with Crippen molar-refractivity contribution in [2.45, 2.75) is 39.8 Å². The van der Waals surface area contributed by atoms with Crippen LogP contribution in [0.25, 0.3) is 0 Å². The van der Waals surface area contributed by atoms with Crippen molar-refractivity contribution >= 4 is 19.4 Å². The van der Waals surface area contributed by atoms with Crippen LogP contribution < -0.4 is 15.7 Å². The standard InChI is InChI=1S/C18H30N3O6P/c1-5-25-17(22)14(3)20-28(24,13-12-19)21(15(4)18(23)26-6-2)27-16-10-8-7-9-11-16/h7-11,14-15H,5-6,12-13,19H2,1-4H3,(H,20,24). The van der Waals surface area contributed by atoms with Crippen molar-refractivity contribution in [3.05, 3.63) is 30.3 Å². The average molecular weight is 415 g/mol. The zero-order valence-electron chi connectivity index (χ0n) is 16.8. The van der Waals surface area contributed by atoms with E-state index >= 15 is 0 Å². The van der Waals surface area contributed by atoms with Gasteiger partial charge in [0.15, 0.2) is 0 Å². The highest BCUT2D eigenvalue weighted by Gasteiger charge is 2.41. The van der Waals surface area contributed by atoms with E-state index in [0.717, 1.165) is 4.83 Å². The van der Waals surface area contributed by atoms with Gasteiger partial charge in [0.1, 0.15) is 17.8 Å². The van der Waals surface area contributed by atoms with Crippen LogP contribution in [0.15, 0.2) is 30.3 Å². The molecule has 9 nitrogen and oxygen atoms in total. The summed E-state index contributed by atoms with van der Waals surface area (Å²) < 4.78 is 23.8. The first kappa shape index (κ1) is 24.1. The molecule has 0 radical (unpaired) electrons. The number of ether oxygens (including phenoxy) is 2. The van der Waals surface area contributed by atoms with E-state index in [1.54, 1.807) is 44.2 Å². The molecule has 0 aliphatic carbocycles. The second-order valence-electron chi connectivity index (χ2n) is 5.95. The Morgan fingerprint density at radius 1 is 1.11 bits per heavy atom. The van der Waals surface area contributed by atoms with Crippen molar-refractivity contribution in [1.82, 2.24) is 9.92 Å². The van der Waals surface area contributed by atoms with E-state index in [4.69, 9.17) is 20.0 Å². The van der Waals surface area contributed by atoms with Gasteiger partial charge in [0, 0.05) is 12.7 Å². The van der Waals surface area contributed by atoms with Gasteiger partial charge in [-0.15, -0.1) is 0 Å². The number of nitrogens with two attached hydrogens (primary N) is 1. The monoisotopic (exact) mass is 415 g/mol. The van der Waals surface area contributed by atoms with E-state index in [2.05, 4.69) is 5.09 Å². The number of carbonyl (C=O) groups is 2. The van der Waals surface area contributed by atoms with E-state index < -0.39 is 31.5 Å². The third kappa shape index (κ3) is 6.91. The number of para-hydroxylation sites is 1. The van der Waals surface area contributed by atoms with Crippen molar-refractivity contribution in [2.24, 2.45) is 5.73 Å². The highest BCUT2D eigenvalue weighted by molar-refractivity contribution is 7.59. The van der Waals surface area contributed by atoms with E-state index in [-0.39, 0.29) is 25.9 Å². The first-order valence-electron chi connectivity index (χ1n) is 9.22. The summed E-state index contributed by atoms with van der Waals surface area (Å²) >= 11 is 0. The lowest BCUT2D eigenvalue weighted by Crippen LogP contribution is -2.47. The molecular formula is C18H30N3O6P. The Labute approximate surface area is 165 Å². The summed E-state index contributed by atoms with van der Waals surface area (Å²) in [5.41, 5.74) is 5.66. The van der Waals surface area contributed by atoms with Crippen LogP contribution in [0.3, 0.4) is 0 Å². The topological polar surface area (TPSA) is 120 Å². The van der Waals surface area contributed by atoms with Crippen LogP contribution in [0, 0.1) is 0 Å². The van der Waals surface area contributed by atoms with Crippen LogP contribution in [0.2, 0.25) is 0 Å². The SMILES string of the molecule is CCOC(=O)C(C)NP(=O)(CCN)N(Oc1ccccc1)C(C)C(=O)OCC. The molecule has 3 atom stereocenters. The van der Waals surface area contributed by atoms with Crippen LogP contribution >= 0.6 is 7.44 Å². The molecule has 0 aliphatic heterocycles. The van der Waals surface area contributed by atoms with Crippen LogP contribution in [0.1, 0.15) is 27.7 Å². The molecule has 10 heteroatoms. The van der Waals surface area contributed by atoms with Gasteiger partial charge in [0.05, 0.1) is 13.2 Å². The minimum atomic E-state index is -3.63. The molecule has 1 aromatic rings. The predicted molar refractivity (Wildman–Crippen MR) is 106 cm³/mol. The van der Waals surface area contributed by atoms with E-state index in [1.165, 1.54) is 13.8 Å². The molecule has 0 amide bonds. The maximum atomic E-state index is 13.8. The van der Waals surface area contributed by atoms with Gasteiger partial charge >= 0.3 is 11.9 Å². The molecule has 0 aliphatic rings. The summed E-state index contributed by atoms with van der Waals surface area (Å²) in [6.45, 7) is 6.79. The number of esters is 2. The molecule has 0 aromatic heterocycles. The minimum absolute atomic E-state index is 0.0344. The van der Waals surface area contributed by atoms with E-state index in [0.29, 0.717) is 5.75 Å². The van der Waals surface area contributed by atoms with Crippen LogP contribution in [-0.2, 0) is 23.6 Å². The zero-order valence-corrected chi connectivity index (χ0v) is 17.7. The molecule has 1 aromatic carbocycles. The molecule has 158 valence electrons. The first-order valence-corrected chi connectivity index (χ1v) is 11.1. The summed E-state index contributed by atoms with van der Waals surface area (Å²) in [6.07, 6.45) is -0.0344. The Hall–Kier alpha value is -1.93. The molecule has 0 saturated heterocycles. The largest absolute Gasteiger partial charge is 0.465 e. The minimum Gasteiger partial charge on any atom is -0.465 e. The number of nitrogens with one attached hydrogen (secondary N) is 1. The van der Waals surface area contributed by atoms with E-state index in [1.807, 2.05) is 0 Å². The normalized spacial score (nSPS) is 15.4. The smallest absolute Gasteiger partial charge is 0.327 e. The Balaban J connectivity index is 3.23. The Morgan fingerprint density at radius 2 is 1.68 bits per heavy atom. The quantitative estimate of drug-likeness (QED) is 0.300. The number of benzene rings is 1. The van der Waals surface area contributed by atoms with Gasteiger partial charge in [-0.2, -0.15) is 0 Å². The summed E-state index contributed by atoms with van der Waals surface area (Å²) in [5, 5.41) is 2.77. The van der Waals surface area contributed by atoms with Gasteiger partial charge in [-0.25, -0.2) is 5.09 Å². The Kier molecular flexibility index (Phi) is 10.2. The third-order valence-corrected chi connectivity index (χ3v) is 6.41. The number of hydroxylamine groups is 1. The van der Waals surface area contributed by atoms with Crippen molar-refractivity contribution < 1.29 is 28.5 Å². The van der Waals surface area contributed by atoms with Crippen molar-refractivity contribution in [3.63, 3.8) is 0 Å². The fraction of sp³-hybridized carbons (Fsp3) is 0.556. The van der Waals surface area contributed by atoms with Gasteiger partial charge in [0.25, 0.3) is 0 Å². The predicted octanol–water partition coefficient (Wildman–Crippen LogP) is 1.93. The molecule has 0 heterocycles. The summed E-state index contributed by atoms with van der Waals surface area (Å²) in [6, 6.07) is 6.69. The van der Waals surface area contributed by atoms with Gasteiger partial charge in [-0.05, 0) is 39.8 Å². The Bertz CT molecular complexity index is 673. The molecule has 3 unspecified atom stereocenters. The first-order chi connectivity index (χ1) is 13.3. The lowest BCUT2D eigenvalue weighted by atomic mass is 10.3. The van der Waals surface area contributed by atoms with Crippen molar-refractivity contribution in [3.8, 4) is 5.75 Å². The van der Waals surface area contributed by atoms with Crippen LogP contribution in [0.4, 0.5) is 0 Å². The van der Waals surface area contributed by atoms with Gasteiger partial charge in [0.2, 0.25) is 7.44 Å². The zero-order chi connectivity index (χ0) is 21.2. The number of hydrogen-bond acceptors (Lipinski definition) is 7. The molecule has 0 saturated carbocycles. The molecule has 0 fully saturated rings. The fourth-order valence-electron chi connectivity index (χ4n) is 2.38. The average Bonchev–Trinajstić information content (AvgIpc) is 2.66. The van der Waals surface area contributed by atoms with Crippen LogP contribution in [0.5, 0.6) is 5.75 Å². The summed E-state index contributed by atoms with van der Waals surface area (Å²) in [7, 11) is -3.63. The van der Waals surface area contributed by atoms with Crippen LogP contribution in [-0.4, -0.2) is 54.8 Å². The second-order valence-corrected chi connectivity index (χ2v) is 8.45. The molecule has 1 rings (SSSR count). The lowest BCUT2D eigenvalue weighted by Gasteiger charge is -2.35. The molecule has 0 spiro atoms. The van der Waals surface area contributed by atoms with Crippen molar-refractivity contribution in [1.29, 1.82) is 0 Å². The number of nitrogens with zero attached hydrogens (tertiary/aromatic N) is 1. The fourth-order valence-corrected chi connectivity index (χ4v) is 4.77. The molecule has 28 heavy (non-hydrogen) atoms. The number of carbonyl (C=O) groups excluding carboxylic acids is 2. The summed E-state index contributed by atoms with van der Waals surface area (Å²) in [4.78, 5) is 31.2. The highest BCUT2D eigenvalue weighted by atomic mass is 31.2.